The Bertz CT molecular complexity index is 397. The van der Waals surface area contributed by atoms with Crippen molar-refractivity contribution in [1.29, 1.82) is 0 Å². The molecule has 0 aliphatic rings. The third-order valence-electron chi connectivity index (χ3n) is 8.52. The lowest BCUT2D eigenvalue weighted by atomic mass is 9.91. The first-order chi connectivity index (χ1) is 18.3. The van der Waals surface area contributed by atoms with Gasteiger partial charge >= 0.3 is 0 Å². The minimum atomic E-state index is 0.789. The van der Waals surface area contributed by atoms with E-state index in [2.05, 4.69) is 32.9 Å². The van der Waals surface area contributed by atoms with Crippen LogP contribution < -0.4 is 0 Å². The summed E-state index contributed by atoms with van der Waals surface area (Å²) in [7, 11) is 0. The van der Waals surface area contributed by atoms with Gasteiger partial charge in [-0.3, -0.25) is 0 Å². The number of hydrogen-bond acceptors (Lipinski definition) is 0. The molecular weight excluding hydrogens is 444 g/mol. The van der Waals surface area contributed by atoms with E-state index in [0.29, 0.717) is 0 Å². The molecule has 0 bridgehead atoms. The third kappa shape index (κ3) is 31.9. The summed E-state index contributed by atoms with van der Waals surface area (Å²) in [5.74, 6) is 0.789. The molecule has 0 aliphatic heterocycles. The summed E-state index contributed by atoms with van der Waals surface area (Å²) >= 11 is 0. The third-order valence-corrected chi connectivity index (χ3v) is 8.52. The molecule has 0 N–H and O–H groups in total. The zero-order valence-electron chi connectivity index (χ0n) is 26.4. The van der Waals surface area contributed by atoms with Gasteiger partial charge in [0.05, 0.1) is 0 Å². The molecule has 0 aromatic rings. The molecule has 0 aromatic heterocycles. The Morgan fingerprint density at radius 3 is 0.784 bits per heavy atom. The highest BCUT2D eigenvalue weighted by molar-refractivity contribution is 4.92. The van der Waals surface area contributed by atoms with E-state index in [9.17, 15) is 0 Å². The molecule has 0 rings (SSSR count). The number of rotatable bonds is 33. The van der Waals surface area contributed by atoms with Gasteiger partial charge in [-0.15, -0.1) is 6.58 Å². The highest BCUT2D eigenvalue weighted by Crippen LogP contribution is 2.22. The molecule has 1 unspecified atom stereocenters. The van der Waals surface area contributed by atoms with Crippen LogP contribution in [-0.4, -0.2) is 0 Å². The summed E-state index contributed by atoms with van der Waals surface area (Å²) in [5.41, 5.74) is 0. The van der Waals surface area contributed by atoms with E-state index >= 15 is 0 Å². The van der Waals surface area contributed by atoms with Crippen molar-refractivity contribution in [3.63, 3.8) is 0 Å². The summed E-state index contributed by atoms with van der Waals surface area (Å²) in [6, 6.07) is 0. The first-order valence-corrected chi connectivity index (χ1v) is 17.8. The quantitative estimate of drug-likeness (QED) is 0.0759. The van der Waals surface area contributed by atoms with Crippen LogP contribution in [-0.2, 0) is 0 Å². The Hall–Kier alpha value is -0.260. The van der Waals surface area contributed by atoms with E-state index in [1.54, 1.807) is 0 Å². The highest BCUT2D eigenvalue weighted by Gasteiger charge is 2.07. The van der Waals surface area contributed by atoms with Crippen LogP contribution in [0.5, 0.6) is 0 Å². The molecule has 1 radical (unpaired) electrons. The van der Waals surface area contributed by atoms with E-state index in [1.165, 1.54) is 199 Å². The average Bonchev–Trinajstić information content (AvgIpc) is 2.91. The van der Waals surface area contributed by atoms with Crippen molar-refractivity contribution >= 4 is 0 Å². The number of unbranched alkanes of at least 4 members (excludes halogenated alkanes) is 27. The van der Waals surface area contributed by atoms with E-state index in [4.69, 9.17) is 0 Å². The van der Waals surface area contributed by atoms with Crippen LogP contribution in [0.25, 0.3) is 0 Å². The monoisotopic (exact) mass is 518 g/mol. The lowest BCUT2D eigenvalue weighted by Crippen LogP contribution is -2.00. The predicted octanol–water partition coefficient (Wildman–Crippen LogP) is 14.1. The van der Waals surface area contributed by atoms with E-state index < -0.39 is 0 Å². The second-order valence-electron chi connectivity index (χ2n) is 12.3. The zero-order chi connectivity index (χ0) is 26.9. The van der Waals surface area contributed by atoms with Gasteiger partial charge in [0.15, 0.2) is 0 Å². The topological polar surface area (TPSA) is 0 Å². The fourth-order valence-corrected chi connectivity index (χ4v) is 5.91. The fourth-order valence-electron chi connectivity index (χ4n) is 5.91. The fraction of sp³-hybridized carbons (Fsp3) is 0.919. The Labute approximate surface area is 237 Å². The summed E-state index contributed by atoms with van der Waals surface area (Å²) in [6.07, 6.45) is 49.4. The molecule has 0 heterocycles. The number of allylic oxidation sites excluding steroid dienone is 1. The van der Waals surface area contributed by atoms with Crippen molar-refractivity contribution in [3.8, 4) is 0 Å². The average molecular weight is 518 g/mol. The van der Waals surface area contributed by atoms with Crippen LogP contribution in [0, 0.1) is 12.3 Å². The SMILES string of the molecule is C=C[CH]C(CCCCCCCCCCCCCCCC)CCCCCCCCCCCCCCCCC. The van der Waals surface area contributed by atoms with Gasteiger partial charge in [0.2, 0.25) is 0 Å². The second kappa shape index (κ2) is 33.8. The van der Waals surface area contributed by atoms with Crippen molar-refractivity contribution in [1.82, 2.24) is 0 Å². The molecule has 1 atom stereocenters. The van der Waals surface area contributed by atoms with Crippen LogP contribution >= 0.6 is 0 Å². The van der Waals surface area contributed by atoms with Gasteiger partial charge in [-0.1, -0.05) is 206 Å². The van der Waals surface area contributed by atoms with Gasteiger partial charge in [0, 0.05) is 0 Å². The van der Waals surface area contributed by atoms with Crippen LogP contribution in [0.15, 0.2) is 12.7 Å². The van der Waals surface area contributed by atoms with Crippen molar-refractivity contribution in [3.05, 3.63) is 19.1 Å². The highest BCUT2D eigenvalue weighted by atomic mass is 14.1. The van der Waals surface area contributed by atoms with E-state index in [-0.39, 0.29) is 0 Å². The van der Waals surface area contributed by atoms with Crippen molar-refractivity contribution in [2.75, 3.05) is 0 Å². The molecule has 0 amide bonds. The molecule has 0 nitrogen and oxygen atoms in total. The lowest BCUT2D eigenvalue weighted by molar-refractivity contribution is 0.448. The van der Waals surface area contributed by atoms with Gasteiger partial charge in [0.25, 0.3) is 0 Å². The molecule has 0 heteroatoms. The Morgan fingerprint density at radius 2 is 0.568 bits per heavy atom. The Morgan fingerprint density at radius 1 is 0.351 bits per heavy atom. The summed E-state index contributed by atoms with van der Waals surface area (Å²) in [4.78, 5) is 0. The summed E-state index contributed by atoms with van der Waals surface area (Å²) < 4.78 is 0. The van der Waals surface area contributed by atoms with Gasteiger partial charge in [0.1, 0.15) is 0 Å². The Kier molecular flexibility index (Phi) is 33.5. The first-order valence-electron chi connectivity index (χ1n) is 17.8. The van der Waals surface area contributed by atoms with Crippen molar-refractivity contribution in [2.45, 2.75) is 213 Å². The zero-order valence-corrected chi connectivity index (χ0v) is 26.4. The molecule has 0 saturated heterocycles. The van der Waals surface area contributed by atoms with E-state index in [0.717, 1.165) is 5.92 Å². The minimum absolute atomic E-state index is 0.789. The molecule has 0 saturated carbocycles. The predicted molar refractivity (Wildman–Crippen MR) is 172 cm³/mol. The lowest BCUT2D eigenvalue weighted by Gasteiger charge is -2.14. The van der Waals surface area contributed by atoms with Crippen LogP contribution in [0.2, 0.25) is 0 Å². The van der Waals surface area contributed by atoms with Gasteiger partial charge < -0.3 is 0 Å². The molecule has 0 fully saturated rings. The maximum absolute atomic E-state index is 3.98. The van der Waals surface area contributed by atoms with E-state index in [1.807, 2.05) is 0 Å². The Balaban J connectivity index is 3.37. The van der Waals surface area contributed by atoms with Crippen LogP contribution in [0.4, 0.5) is 0 Å². The molecular formula is C37H73. The maximum atomic E-state index is 3.98. The summed E-state index contributed by atoms with van der Waals surface area (Å²) in [5, 5.41) is 0. The largest absolute Gasteiger partial charge is 0.103 e. The smallest absolute Gasteiger partial charge is 0.0142 e. The number of hydrogen-bond donors (Lipinski definition) is 0. The van der Waals surface area contributed by atoms with Gasteiger partial charge in [-0.25, -0.2) is 0 Å². The van der Waals surface area contributed by atoms with Crippen LogP contribution in [0.3, 0.4) is 0 Å². The molecule has 0 aromatic carbocycles. The van der Waals surface area contributed by atoms with Crippen molar-refractivity contribution in [2.24, 2.45) is 5.92 Å². The molecule has 0 aliphatic carbocycles. The molecule has 37 heavy (non-hydrogen) atoms. The molecule has 221 valence electrons. The van der Waals surface area contributed by atoms with Crippen LogP contribution in [0.1, 0.15) is 213 Å². The van der Waals surface area contributed by atoms with Gasteiger partial charge in [-0.05, 0) is 25.2 Å². The van der Waals surface area contributed by atoms with Crippen molar-refractivity contribution < 1.29 is 0 Å². The standard InChI is InChI=1S/C37H73/c1-4-7-9-11-13-15-17-19-21-23-25-27-29-31-33-36-37(34-6-3)35-32-30-28-26-24-22-20-18-16-14-12-10-8-5-2/h6,34,37H,3-5,7-33,35-36H2,1-2H3. The second-order valence-corrected chi connectivity index (χ2v) is 12.3. The van der Waals surface area contributed by atoms with Gasteiger partial charge in [-0.2, -0.15) is 0 Å². The normalized spacial score (nSPS) is 12.3. The first kappa shape index (κ1) is 36.7. The summed E-state index contributed by atoms with van der Waals surface area (Å²) in [6.45, 7) is 8.60. The molecule has 0 spiro atoms. The maximum Gasteiger partial charge on any atom is -0.0142 e. The minimum Gasteiger partial charge on any atom is -0.103 e.